The number of anilines is 1. The molecule has 264 valence electrons. The molecule has 4 heterocycles. The summed E-state index contributed by atoms with van der Waals surface area (Å²) >= 11 is 7.36. The molecule has 17 heteroatoms. The largest absolute Gasteiger partial charge is 0.444 e. The standard InChI is InChI=1S/C31H41ClF3N7O5S/c1-28(2,3)47-27(44)41-19-20(18-29(41,4)5)45-17-15-40-13-9-24(38-40)48-39-26(43)21-6-7-22(36-25(21)32)42-14-8-23(37-42)46-16-12-30(10-11-30)31(33,34)35/h6-9,13-14,20,23,37H,10-12,15-19H2,1-5H3,(H,39,43). The summed E-state index contributed by atoms with van der Waals surface area (Å²) < 4.78 is 61.0. The van der Waals surface area contributed by atoms with Gasteiger partial charge in [-0.25, -0.2) is 9.78 Å². The van der Waals surface area contributed by atoms with Gasteiger partial charge in [-0.05, 0) is 84.6 Å². The fourth-order valence-electron chi connectivity index (χ4n) is 5.48. The summed E-state index contributed by atoms with van der Waals surface area (Å²) in [6, 6.07) is 4.86. The number of hydrogen-bond acceptors (Lipinski definition) is 10. The van der Waals surface area contributed by atoms with E-state index >= 15 is 0 Å². The molecule has 12 nitrogen and oxygen atoms in total. The van der Waals surface area contributed by atoms with E-state index in [1.165, 1.54) is 11.1 Å². The van der Waals surface area contributed by atoms with Crippen molar-refractivity contribution >= 4 is 41.4 Å². The molecular formula is C31H41ClF3N7O5S. The highest BCUT2D eigenvalue weighted by molar-refractivity contribution is 7.97. The molecule has 0 radical (unpaired) electrons. The molecule has 2 N–H and O–H groups in total. The Hall–Kier alpha value is -3.05. The number of likely N-dealkylation sites (tertiary alicyclic amines) is 1. The highest BCUT2D eigenvalue weighted by Crippen LogP contribution is 2.59. The Morgan fingerprint density at radius 1 is 1.15 bits per heavy atom. The maximum Gasteiger partial charge on any atom is 0.410 e. The topological polar surface area (TPSA) is 123 Å². The Bertz CT molecular complexity index is 1510. The van der Waals surface area contributed by atoms with E-state index in [4.69, 9.17) is 25.8 Å². The van der Waals surface area contributed by atoms with Gasteiger partial charge in [-0.2, -0.15) is 23.7 Å². The smallest absolute Gasteiger partial charge is 0.410 e. The first kappa shape index (κ1) is 36.2. The van der Waals surface area contributed by atoms with Crippen LogP contribution in [0, 0.1) is 5.41 Å². The van der Waals surface area contributed by atoms with Gasteiger partial charge in [0.2, 0.25) is 0 Å². The van der Waals surface area contributed by atoms with Gasteiger partial charge in [-0.3, -0.25) is 19.2 Å². The number of halogens is 4. The molecule has 0 aromatic carbocycles. The second kappa shape index (κ2) is 14.1. The highest BCUT2D eigenvalue weighted by Gasteiger charge is 2.62. The molecule has 2 amide bonds. The minimum atomic E-state index is -4.21. The SMILES string of the molecule is CC(C)(C)OC(=O)N1CC(OCCn2ccc(SNC(=O)c3ccc(N4C=CC(OCCC5(C(F)(F)F)CC5)N4)nc3Cl)n2)CC1(C)C. The molecule has 2 aliphatic heterocycles. The number of alkyl halides is 3. The molecule has 2 aromatic heterocycles. The van der Waals surface area contributed by atoms with E-state index in [2.05, 4.69) is 20.2 Å². The number of ether oxygens (including phenoxy) is 3. The molecule has 1 saturated carbocycles. The third-order valence-electron chi connectivity index (χ3n) is 8.33. The van der Waals surface area contributed by atoms with Crippen molar-refractivity contribution in [3.63, 3.8) is 0 Å². The van der Waals surface area contributed by atoms with E-state index in [-0.39, 0.29) is 54.3 Å². The van der Waals surface area contributed by atoms with E-state index in [0.29, 0.717) is 37.0 Å². The highest BCUT2D eigenvalue weighted by atomic mass is 35.5. The fraction of sp³-hybridized carbons (Fsp3) is 0.613. The van der Waals surface area contributed by atoms with Crippen LogP contribution < -0.4 is 15.2 Å². The molecule has 2 fully saturated rings. The zero-order valence-corrected chi connectivity index (χ0v) is 29.0. The summed E-state index contributed by atoms with van der Waals surface area (Å²) in [7, 11) is 0. The minimum Gasteiger partial charge on any atom is -0.444 e. The number of pyridine rings is 1. The number of aromatic nitrogens is 3. The summed E-state index contributed by atoms with van der Waals surface area (Å²) in [5.74, 6) is -0.0923. The van der Waals surface area contributed by atoms with Crippen LogP contribution in [-0.4, -0.2) is 81.1 Å². The maximum atomic E-state index is 13.1. The van der Waals surface area contributed by atoms with Gasteiger partial charge < -0.3 is 19.1 Å². The van der Waals surface area contributed by atoms with Crippen LogP contribution in [0.25, 0.3) is 0 Å². The van der Waals surface area contributed by atoms with E-state index in [0.717, 1.165) is 11.9 Å². The first-order valence-corrected chi connectivity index (χ1v) is 16.9. The molecule has 0 bridgehead atoms. The Labute approximate surface area is 286 Å². The Morgan fingerprint density at radius 3 is 2.56 bits per heavy atom. The molecule has 1 saturated heterocycles. The van der Waals surface area contributed by atoms with Gasteiger partial charge >= 0.3 is 12.3 Å². The summed E-state index contributed by atoms with van der Waals surface area (Å²) in [5, 5.41) is 6.50. The van der Waals surface area contributed by atoms with E-state index in [9.17, 15) is 22.8 Å². The average molecular weight is 716 g/mol. The van der Waals surface area contributed by atoms with Gasteiger partial charge in [0.15, 0.2) is 0 Å². The lowest BCUT2D eigenvalue weighted by Crippen LogP contribution is -2.45. The molecular weight excluding hydrogens is 675 g/mol. The molecule has 2 aromatic rings. The third kappa shape index (κ3) is 8.94. The van der Waals surface area contributed by atoms with E-state index in [1.54, 1.807) is 40.2 Å². The molecule has 1 aliphatic carbocycles. The van der Waals surface area contributed by atoms with Crippen LogP contribution in [0.4, 0.5) is 23.8 Å². The number of nitrogens with one attached hydrogen (secondary N) is 2. The Morgan fingerprint density at radius 2 is 1.90 bits per heavy atom. The normalized spacial score (nSPS) is 21.5. The zero-order valence-electron chi connectivity index (χ0n) is 27.5. The maximum absolute atomic E-state index is 13.1. The van der Waals surface area contributed by atoms with Gasteiger partial charge in [0.1, 0.15) is 27.8 Å². The van der Waals surface area contributed by atoms with Gasteiger partial charge in [0.05, 0.1) is 36.8 Å². The number of nitrogens with zero attached hydrogens (tertiary/aromatic N) is 5. The van der Waals surface area contributed by atoms with Gasteiger partial charge in [0, 0.05) is 36.5 Å². The molecule has 3 aliphatic rings. The van der Waals surface area contributed by atoms with Crippen LogP contribution >= 0.6 is 23.5 Å². The second-order valence-corrected chi connectivity index (χ2v) is 14.9. The molecule has 2 unspecified atom stereocenters. The Balaban J connectivity index is 1.03. The van der Waals surface area contributed by atoms with Crippen molar-refractivity contribution in [3.05, 3.63) is 47.4 Å². The summed E-state index contributed by atoms with van der Waals surface area (Å²) in [6.45, 7) is 10.8. The van der Waals surface area contributed by atoms with Crippen LogP contribution in [0.5, 0.6) is 0 Å². The van der Waals surface area contributed by atoms with E-state index in [1.807, 2.05) is 34.6 Å². The Kier molecular flexibility index (Phi) is 10.6. The number of carbonyl (C=O) groups excluding carboxylic acids is 2. The van der Waals surface area contributed by atoms with Crippen molar-refractivity contribution in [1.82, 2.24) is 29.8 Å². The van der Waals surface area contributed by atoms with Crippen molar-refractivity contribution in [1.29, 1.82) is 0 Å². The lowest BCUT2D eigenvalue weighted by Gasteiger charge is -2.33. The van der Waals surface area contributed by atoms with Crippen molar-refractivity contribution in [3.8, 4) is 0 Å². The third-order valence-corrected chi connectivity index (χ3v) is 9.33. The summed E-state index contributed by atoms with van der Waals surface area (Å²) in [5.41, 5.74) is 0.554. The molecule has 0 spiro atoms. The van der Waals surface area contributed by atoms with Crippen LogP contribution in [0.15, 0.2) is 41.7 Å². The zero-order chi connectivity index (χ0) is 34.9. The predicted octanol–water partition coefficient (Wildman–Crippen LogP) is 6.09. The van der Waals surface area contributed by atoms with Crippen molar-refractivity contribution in [2.45, 2.75) is 102 Å². The lowest BCUT2D eigenvalue weighted by atomic mass is 10.0. The van der Waals surface area contributed by atoms with Crippen LogP contribution in [0.1, 0.15) is 70.7 Å². The number of hydrogen-bond donors (Lipinski definition) is 2. The minimum absolute atomic E-state index is 0.0333. The van der Waals surface area contributed by atoms with Crippen LogP contribution in [0.3, 0.4) is 0 Å². The predicted molar refractivity (Wildman–Crippen MR) is 173 cm³/mol. The van der Waals surface area contributed by atoms with Crippen molar-refractivity contribution in [2.24, 2.45) is 5.41 Å². The number of amides is 2. The van der Waals surface area contributed by atoms with Crippen molar-refractivity contribution in [2.75, 3.05) is 24.8 Å². The first-order valence-electron chi connectivity index (χ1n) is 15.7. The number of carbonyl (C=O) groups is 2. The quantitative estimate of drug-likeness (QED) is 0.197. The molecule has 2 atom stereocenters. The summed E-state index contributed by atoms with van der Waals surface area (Å²) in [6.07, 6.45) is 0.630. The molecule has 5 rings (SSSR count). The van der Waals surface area contributed by atoms with Crippen LogP contribution in [0.2, 0.25) is 5.15 Å². The lowest BCUT2D eigenvalue weighted by molar-refractivity contribution is -0.192. The average Bonchev–Trinajstić information content (AvgIpc) is 3.28. The number of rotatable bonds is 12. The van der Waals surface area contributed by atoms with Gasteiger partial charge in [-0.15, -0.1) is 0 Å². The van der Waals surface area contributed by atoms with Gasteiger partial charge in [-0.1, -0.05) is 11.6 Å². The summed E-state index contributed by atoms with van der Waals surface area (Å²) in [4.78, 5) is 31.5. The fourth-order valence-corrected chi connectivity index (χ4v) is 6.30. The van der Waals surface area contributed by atoms with Gasteiger partial charge in [0.25, 0.3) is 5.91 Å². The monoisotopic (exact) mass is 715 g/mol. The number of hydrazine groups is 1. The van der Waals surface area contributed by atoms with Crippen molar-refractivity contribution < 1.29 is 37.0 Å². The first-order chi connectivity index (χ1) is 22.4. The van der Waals surface area contributed by atoms with E-state index < -0.39 is 29.3 Å². The second-order valence-electron chi connectivity index (χ2n) is 13.7. The van der Waals surface area contributed by atoms with Crippen LogP contribution in [-0.2, 0) is 20.8 Å². The molecule has 48 heavy (non-hydrogen) atoms.